The Morgan fingerprint density at radius 2 is 1.66 bits per heavy atom. The van der Waals surface area contributed by atoms with Gasteiger partial charge in [-0.05, 0) is 44.3 Å². The summed E-state index contributed by atoms with van der Waals surface area (Å²) in [6.07, 6.45) is 0. The van der Waals surface area contributed by atoms with Crippen LogP contribution in [0.25, 0.3) is 11.3 Å². The van der Waals surface area contributed by atoms with Gasteiger partial charge in [0.05, 0.1) is 23.8 Å². The summed E-state index contributed by atoms with van der Waals surface area (Å²) in [7, 11) is 1.67. The van der Waals surface area contributed by atoms with E-state index in [0.717, 1.165) is 16.3 Å². The number of nitrogens with zero attached hydrogens (tertiary/aromatic N) is 2. The number of benzene rings is 2. The number of nitrogens with one attached hydrogen (secondary N) is 2. The van der Waals surface area contributed by atoms with Gasteiger partial charge in [0.25, 0.3) is 0 Å². The van der Waals surface area contributed by atoms with Gasteiger partial charge in [0, 0.05) is 22.3 Å². The van der Waals surface area contributed by atoms with Crippen molar-refractivity contribution in [3.63, 3.8) is 0 Å². The fraction of sp³-hybridized carbons (Fsp3) is 0.190. The number of rotatable bonds is 7. The SMILES string of the molecule is Cc1nc(-c2cccc(NC(=O)CN(C)CC(=O)Nc3cccc(F)c3)c2)cs1. The van der Waals surface area contributed by atoms with E-state index in [2.05, 4.69) is 15.6 Å². The molecule has 6 nitrogen and oxygen atoms in total. The number of anilines is 2. The van der Waals surface area contributed by atoms with Crippen molar-refractivity contribution < 1.29 is 14.0 Å². The maximum atomic E-state index is 13.2. The first kappa shape index (κ1) is 20.6. The Kier molecular flexibility index (Phi) is 6.69. The van der Waals surface area contributed by atoms with Crippen LogP contribution in [0, 0.1) is 12.7 Å². The first-order chi connectivity index (χ1) is 13.9. The molecule has 0 saturated heterocycles. The van der Waals surface area contributed by atoms with Crippen molar-refractivity contribution in [1.82, 2.24) is 9.88 Å². The van der Waals surface area contributed by atoms with Crippen LogP contribution >= 0.6 is 11.3 Å². The number of likely N-dealkylation sites (N-methyl/N-ethyl adjacent to an activating group) is 1. The molecule has 0 radical (unpaired) electrons. The van der Waals surface area contributed by atoms with Crippen LogP contribution in [-0.2, 0) is 9.59 Å². The van der Waals surface area contributed by atoms with Gasteiger partial charge in [-0.3, -0.25) is 14.5 Å². The number of aromatic nitrogens is 1. The molecule has 0 saturated carbocycles. The standard InChI is InChI=1S/C21H21FN4O2S/c1-14-23-19(13-29-14)15-5-3-7-17(9-15)24-20(27)11-26(2)12-21(28)25-18-8-4-6-16(22)10-18/h3-10,13H,11-12H2,1-2H3,(H,24,27)(H,25,28). The summed E-state index contributed by atoms with van der Waals surface area (Å²) in [5, 5.41) is 8.39. The van der Waals surface area contributed by atoms with Gasteiger partial charge in [-0.15, -0.1) is 11.3 Å². The number of aryl methyl sites for hydroxylation is 1. The summed E-state index contributed by atoms with van der Waals surface area (Å²) in [5.74, 6) is -0.991. The van der Waals surface area contributed by atoms with Crippen molar-refractivity contribution in [2.45, 2.75) is 6.92 Å². The minimum Gasteiger partial charge on any atom is -0.325 e. The maximum absolute atomic E-state index is 13.2. The third-order valence-electron chi connectivity index (χ3n) is 4.00. The highest BCUT2D eigenvalue weighted by Gasteiger charge is 2.12. The van der Waals surface area contributed by atoms with Crippen LogP contribution in [0.2, 0.25) is 0 Å². The second-order valence-corrected chi connectivity index (χ2v) is 7.67. The average Bonchev–Trinajstić information content (AvgIpc) is 3.08. The zero-order chi connectivity index (χ0) is 20.8. The van der Waals surface area contributed by atoms with Crippen molar-refractivity contribution in [2.75, 3.05) is 30.8 Å². The Balaban J connectivity index is 1.51. The third-order valence-corrected chi connectivity index (χ3v) is 4.77. The van der Waals surface area contributed by atoms with E-state index in [1.54, 1.807) is 35.4 Å². The minimum atomic E-state index is -0.425. The number of halogens is 1. The van der Waals surface area contributed by atoms with Gasteiger partial charge in [0.2, 0.25) is 11.8 Å². The number of hydrogen-bond donors (Lipinski definition) is 2. The number of thiazole rings is 1. The average molecular weight is 412 g/mol. The van der Waals surface area contributed by atoms with Gasteiger partial charge in [-0.2, -0.15) is 0 Å². The van der Waals surface area contributed by atoms with Crippen LogP contribution in [0.4, 0.5) is 15.8 Å². The predicted molar refractivity (Wildman–Crippen MR) is 113 cm³/mol. The molecular weight excluding hydrogens is 391 g/mol. The Bertz CT molecular complexity index is 1020. The van der Waals surface area contributed by atoms with Gasteiger partial charge in [-0.25, -0.2) is 9.37 Å². The molecule has 0 aliphatic rings. The highest BCUT2D eigenvalue weighted by Crippen LogP contribution is 2.24. The Hall–Kier alpha value is -3.10. The molecule has 3 aromatic rings. The molecule has 1 aromatic heterocycles. The van der Waals surface area contributed by atoms with E-state index < -0.39 is 5.82 Å². The van der Waals surface area contributed by atoms with E-state index in [-0.39, 0.29) is 24.9 Å². The maximum Gasteiger partial charge on any atom is 0.238 e. The summed E-state index contributed by atoms with van der Waals surface area (Å²) in [6, 6.07) is 13.1. The van der Waals surface area contributed by atoms with Crippen LogP contribution in [0.3, 0.4) is 0 Å². The first-order valence-electron chi connectivity index (χ1n) is 8.95. The van der Waals surface area contributed by atoms with Crippen LogP contribution in [-0.4, -0.2) is 41.8 Å². The summed E-state index contributed by atoms with van der Waals surface area (Å²) in [4.78, 5) is 30.4. The third kappa shape index (κ3) is 6.20. The summed E-state index contributed by atoms with van der Waals surface area (Å²) in [5.41, 5.74) is 2.84. The van der Waals surface area contributed by atoms with Crippen LogP contribution < -0.4 is 10.6 Å². The van der Waals surface area contributed by atoms with Gasteiger partial charge in [0.15, 0.2) is 0 Å². The molecule has 0 bridgehead atoms. The lowest BCUT2D eigenvalue weighted by Gasteiger charge is -2.16. The van der Waals surface area contributed by atoms with Crippen LogP contribution in [0.1, 0.15) is 5.01 Å². The van der Waals surface area contributed by atoms with Crippen molar-refractivity contribution in [2.24, 2.45) is 0 Å². The molecule has 3 rings (SSSR count). The number of amides is 2. The second-order valence-electron chi connectivity index (χ2n) is 6.61. The molecule has 0 aliphatic heterocycles. The lowest BCUT2D eigenvalue weighted by Crippen LogP contribution is -2.36. The summed E-state index contributed by atoms with van der Waals surface area (Å²) < 4.78 is 13.2. The molecule has 0 aliphatic carbocycles. The normalized spacial score (nSPS) is 10.8. The van der Waals surface area contributed by atoms with E-state index in [1.807, 2.05) is 30.5 Å². The predicted octanol–water partition coefficient (Wildman–Crippen LogP) is 3.77. The van der Waals surface area contributed by atoms with Gasteiger partial charge in [0.1, 0.15) is 5.82 Å². The number of carbonyl (C=O) groups is 2. The first-order valence-corrected chi connectivity index (χ1v) is 9.83. The van der Waals surface area contributed by atoms with Gasteiger partial charge >= 0.3 is 0 Å². The van der Waals surface area contributed by atoms with E-state index in [1.165, 1.54) is 18.2 Å². The highest BCUT2D eigenvalue weighted by molar-refractivity contribution is 7.09. The topological polar surface area (TPSA) is 74.3 Å². The van der Waals surface area contributed by atoms with Gasteiger partial charge < -0.3 is 10.6 Å². The quantitative estimate of drug-likeness (QED) is 0.620. The molecule has 150 valence electrons. The Labute approximate surface area is 172 Å². The molecule has 0 fully saturated rings. The van der Waals surface area contributed by atoms with E-state index in [4.69, 9.17) is 0 Å². The molecule has 2 aromatic carbocycles. The van der Waals surface area contributed by atoms with Crippen molar-refractivity contribution in [1.29, 1.82) is 0 Å². The fourth-order valence-corrected chi connectivity index (χ4v) is 3.39. The second kappa shape index (κ2) is 9.40. The van der Waals surface area contributed by atoms with E-state index >= 15 is 0 Å². The molecule has 1 heterocycles. The molecular formula is C21H21FN4O2S. The van der Waals surface area contributed by atoms with Crippen molar-refractivity contribution >= 4 is 34.5 Å². The fourth-order valence-electron chi connectivity index (χ4n) is 2.77. The summed E-state index contributed by atoms with van der Waals surface area (Å²) >= 11 is 1.57. The molecule has 29 heavy (non-hydrogen) atoms. The lowest BCUT2D eigenvalue weighted by atomic mass is 10.1. The number of carbonyl (C=O) groups excluding carboxylic acids is 2. The molecule has 0 atom stereocenters. The Morgan fingerprint density at radius 1 is 1.03 bits per heavy atom. The largest absolute Gasteiger partial charge is 0.325 e. The highest BCUT2D eigenvalue weighted by atomic mass is 32.1. The van der Waals surface area contributed by atoms with Gasteiger partial charge in [-0.1, -0.05) is 18.2 Å². The molecule has 0 spiro atoms. The van der Waals surface area contributed by atoms with Crippen LogP contribution in [0.15, 0.2) is 53.9 Å². The van der Waals surface area contributed by atoms with Crippen molar-refractivity contribution in [3.05, 3.63) is 64.7 Å². The zero-order valence-corrected chi connectivity index (χ0v) is 16.9. The number of hydrogen-bond acceptors (Lipinski definition) is 5. The summed E-state index contributed by atoms with van der Waals surface area (Å²) in [6.45, 7) is 1.98. The van der Waals surface area contributed by atoms with Crippen molar-refractivity contribution in [3.8, 4) is 11.3 Å². The minimum absolute atomic E-state index is 0.00206. The zero-order valence-electron chi connectivity index (χ0n) is 16.1. The molecule has 2 N–H and O–H groups in total. The smallest absolute Gasteiger partial charge is 0.238 e. The Morgan fingerprint density at radius 3 is 2.24 bits per heavy atom. The monoisotopic (exact) mass is 412 g/mol. The van der Waals surface area contributed by atoms with E-state index in [0.29, 0.717) is 11.4 Å². The molecule has 2 amide bonds. The van der Waals surface area contributed by atoms with E-state index in [9.17, 15) is 14.0 Å². The van der Waals surface area contributed by atoms with Crippen LogP contribution in [0.5, 0.6) is 0 Å². The molecule has 8 heteroatoms. The lowest BCUT2D eigenvalue weighted by molar-refractivity contribution is -0.119. The molecule has 0 unspecified atom stereocenters.